The fraction of sp³-hybridized carbons (Fsp3) is 0.286. The predicted octanol–water partition coefficient (Wildman–Crippen LogP) is 4.03. The van der Waals surface area contributed by atoms with Crippen LogP contribution >= 0.6 is 22.9 Å². The van der Waals surface area contributed by atoms with Gasteiger partial charge in [0.2, 0.25) is 9.47 Å². The van der Waals surface area contributed by atoms with Gasteiger partial charge in [0.15, 0.2) is 0 Å². The van der Waals surface area contributed by atoms with Crippen molar-refractivity contribution in [1.82, 2.24) is 14.9 Å². The van der Waals surface area contributed by atoms with Crippen LogP contribution in [0.1, 0.15) is 42.2 Å². The molecular formula is C21H21ClN4O5S2. The summed E-state index contributed by atoms with van der Waals surface area (Å²) < 4.78 is 39.9. The van der Waals surface area contributed by atoms with Crippen molar-refractivity contribution in [2.24, 2.45) is 0 Å². The highest BCUT2D eigenvalue weighted by atomic mass is 35.5. The first-order valence-corrected chi connectivity index (χ1v) is 12.5. The molecule has 0 fully saturated rings. The Morgan fingerprint density at radius 1 is 1.21 bits per heavy atom. The van der Waals surface area contributed by atoms with Crippen molar-refractivity contribution >= 4 is 44.0 Å². The van der Waals surface area contributed by atoms with E-state index in [0.717, 1.165) is 11.3 Å². The van der Waals surface area contributed by atoms with Crippen LogP contribution in [0.5, 0.6) is 11.5 Å². The minimum atomic E-state index is -4.03. The van der Waals surface area contributed by atoms with Crippen LogP contribution in [0.2, 0.25) is 5.02 Å². The summed E-state index contributed by atoms with van der Waals surface area (Å²) in [6.45, 7) is 3.77. The van der Waals surface area contributed by atoms with E-state index in [1.165, 1.54) is 7.11 Å². The zero-order valence-electron chi connectivity index (χ0n) is 18.0. The van der Waals surface area contributed by atoms with Crippen molar-refractivity contribution < 1.29 is 22.7 Å². The van der Waals surface area contributed by atoms with Gasteiger partial charge in [-0.15, -0.1) is 10.2 Å². The Hall–Kier alpha value is -2.73. The number of benzene rings is 2. The average Bonchev–Trinajstić information content (AvgIpc) is 3.22. The number of fused-ring (bicyclic) bond motifs is 1. The molecule has 1 aliphatic heterocycles. The van der Waals surface area contributed by atoms with Gasteiger partial charge in [-0.25, -0.2) is 13.1 Å². The lowest BCUT2D eigenvalue weighted by Gasteiger charge is -2.37. The smallest absolute Gasteiger partial charge is 0.270 e. The van der Waals surface area contributed by atoms with Gasteiger partial charge >= 0.3 is 0 Å². The summed E-state index contributed by atoms with van der Waals surface area (Å²) in [7, 11) is -2.49. The third-order valence-electron chi connectivity index (χ3n) is 4.93. The van der Waals surface area contributed by atoms with Gasteiger partial charge in [0.1, 0.15) is 17.1 Å². The second-order valence-corrected chi connectivity index (χ2v) is 11.3. The summed E-state index contributed by atoms with van der Waals surface area (Å²) in [4.78, 5) is 12.4. The minimum absolute atomic E-state index is 0.0599. The van der Waals surface area contributed by atoms with Crippen LogP contribution < -0.4 is 19.5 Å². The summed E-state index contributed by atoms with van der Waals surface area (Å²) in [5.74, 6) is 0.712. The molecule has 1 amide bonds. The fourth-order valence-corrected chi connectivity index (χ4v) is 5.69. The number of anilines is 1. The number of sulfonamides is 1. The largest absolute Gasteiger partial charge is 0.497 e. The standard InChI is InChI=1S/C21H21ClN4O5S2/c1-21(2)11-16(15-10-14(30-3)8-9-17(15)31-21)26-33(28,29)20-25-24-19(32-20)23-18(27)12-4-6-13(22)7-5-12/h4-10,16,26H,11H2,1-3H3,(H,23,24,27)/t16-/m0/s1. The van der Waals surface area contributed by atoms with E-state index in [4.69, 9.17) is 21.1 Å². The zero-order chi connectivity index (χ0) is 23.8. The Morgan fingerprint density at radius 3 is 2.64 bits per heavy atom. The Balaban J connectivity index is 1.54. The number of ether oxygens (including phenoxy) is 2. The summed E-state index contributed by atoms with van der Waals surface area (Å²) in [6.07, 6.45) is 0.394. The van der Waals surface area contributed by atoms with Gasteiger partial charge in [0.25, 0.3) is 15.9 Å². The quantitative estimate of drug-likeness (QED) is 0.482. The van der Waals surface area contributed by atoms with E-state index in [1.807, 2.05) is 13.8 Å². The van der Waals surface area contributed by atoms with Crippen LogP contribution in [0.25, 0.3) is 0 Å². The maximum atomic E-state index is 13.1. The van der Waals surface area contributed by atoms with Gasteiger partial charge in [-0.1, -0.05) is 22.9 Å². The van der Waals surface area contributed by atoms with E-state index in [-0.39, 0.29) is 9.47 Å². The van der Waals surface area contributed by atoms with Gasteiger partial charge in [-0.05, 0) is 56.3 Å². The number of carbonyl (C=O) groups is 1. The first-order valence-electron chi connectivity index (χ1n) is 9.86. The molecule has 12 heteroatoms. The number of methoxy groups -OCH3 is 1. The van der Waals surface area contributed by atoms with E-state index in [2.05, 4.69) is 20.2 Å². The number of hydrogen-bond acceptors (Lipinski definition) is 8. The Morgan fingerprint density at radius 2 is 1.94 bits per heavy atom. The Bertz CT molecular complexity index is 1290. The van der Waals surface area contributed by atoms with Crippen LogP contribution in [0.3, 0.4) is 0 Å². The minimum Gasteiger partial charge on any atom is -0.497 e. The van der Waals surface area contributed by atoms with Crippen molar-refractivity contribution in [3.05, 3.63) is 58.6 Å². The monoisotopic (exact) mass is 508 g/mol. The van der Waals surface area contributed by atoms with Crippen LogP contribution in [0.4, 0.5) is 5.13 Å². The highest BCUT2D eigenvalue weighted by Gasteiger charge is 2.37. The number of nitrogens with zero attached hydrogens (tertiary/aromatic N) is 2. The predicted molar refractivity (Wildman–Crippen MR) is 125 cm³/mol. The third kappa shape index (κ3) is 5.27. The third-order valence-corrected chi connectivity index (χ3v) is 7.86. The lowest BCUT2D eigenvalue weighted by Crippen LogP contribution is -2.41. The molecule has 0 unspecified atom stereocenters. The molecule has 0 saturated heterocycles. The molecule has 1 aromatic heterocycles. The number of nitrogens with one attached hydrogen (secondary N) is 2. The van der Waals surface area contributed by atoms with Gasteiger partial charge in [-0.3, -0.25) is 10.1 Å². The molecular weight excluding hydrogens is 488 g/mol. The molecule has 2 aromatic carbocycles. The van der Waals surface area contributed by atoms with E-state index in [1.54, 1.807) is 42.5 Å². The molecule has 9 nitrogen and oxygen atoms in total. The molecule has 3 aromatic rings. The number of amides is 1. The van der Waals surface area contributed by atoms with Crippen LogP contribution in [0.15, 0.2) is 46.8 Å². The molecule has 33 heavy (non-hydrogen) atoms. The SMILES string of the molecule is COc1ccc2c(c1)[C@@H](NS(=O)(=O)c1nnc(NC(=O)c3ccc(Cl)cc3)s1)CC(C)(C)O2. The second-order valence-electron chi connectivity index (χ2n) is 7.98. The maximum absolute atomic E-state index is 13.1. The van der Waals surface area contributed by atoms with Crippen molar-refractivity contribution in [3.63, 3.8) is 0 Å². The van der Waals surface area contributed by atoms with Gasteiger partial charge in [-0.2, -0.15) is 0 Å². The molecule has 2 heterocycles. The van der Waals surface area contributed by atoms with Gasteiger partial charge < -0.3 is 9.47 Å². The Labute approximate surface area is 200 Å². The lowest BCUT2D eigenvalue weighted by atomic mass is 9.90. The van der Waals surface area contributed by atoms with Crippen molar-refractivity contribution in [3.8, 4) is 11.5 Å². The number of carbonyl (C=O) groups excluding carboxylic acids is 1. The van der Waals surface area contributed by atoms with Gasteiger partial charge in [0, 0.05) is 22.6 Å². The first-order chi connectivity index (χ1) is 15.6. The number of rotatable bonds is 6. The van der Waals surface area contributed by atoms with E-state index in [0.29, 0.717) is 34.1 Å². The molecule has 1 atom stereocenters. The second kappa shape index (κ2) is 8.90. The normalized spacial score (nSPS) is 17.0. The number of halogens is 1. The molecule has 0 spiro atoms. The molecule has 0 saturated carbocycles. The van der Waals surface area contributed by atoms with Crippen LogP contribution in [-0.2, 0) is 10.0 Å². The topological polar surface area (TPSA) is 120 Å². The van der Waals surface area contributed by atoms with E-state index < -0.39 is 27.6 Å². The van der Waals surface area contributed by atoms with Crippen molar-refractivity contribution in [2.75, 3.05) is 12.4 Å². The van der Waals surface area contributed by atoms with Crippen LogP contribution in [-0.4, -0.2) is 37.2 Å². The molecule has 174 valence electrons. The molecule has 0 aliphatic carbocycles. The number of aromatic nitrogens is 2. The highest BCUT2D eigenvalue weighted by molar-refractivity contribution is 7.91. The summed E-state index contributed by atoms with van der Waals surface area (Å²) >= 11 is 6.59. The lowest BCUT2D eigenvalue weighted by molar-refractivity contribution is 0.0700. The molecule has 0 bridgehead atoms. The molecule has 1 aliphatic rings. The first kappa shape index (κ1) is 23.4. The summed E-state index contributed by atoms with van der Waals surface area (Å²) in [6, 6.07) is 11.0. The summed E-state index contributed by atoms with van der Waals surface area (Å²) in [5, 5.41) is 10.7. The number of hydrogen-bond donors (Lipinski definition) is 2. The van der Waals surface area contributed by atoms with Crippen molar-refractivity contribution in [2.45, 2.75) is 36.3 Å². The van der Waals surface area contributed by atoms with Gasteiger partial charge in [0.05, 0.1) is 13.2 Å². The summed E-state index contributed by atoms with van der Waals surface area (Å²) in [5.41, 5.74) is 0.429. The average molecular weight is 509 g/mol. The molecule has 2 N–H and O–H groups in total. The Kier molecular flexibility index (Phi) is 6.32. The van der Waals surface area contributed by atoms with Crippen LogP contribution in [0, 0.1) is 0 Å². The fourth-order valence-electron chi connectivity index (χ4n) is 3.44. The zero-order valence-corrected chi connectivity index (χ0v) is 20.3. The molecule has 4 rings (SSSR count). The highest BCUT2D eigenvalue weighted by Crippen LogP contribution is 2.41. The maximum Gasteiger partial charge on any atom is 0.270 e. The van der Waals surface area contributed by atoms with E-state index in [9.17, 15) is 13.2 Å². The van der Waals surface area contributed by atoms with Crippen molar-refractivity contribution in [1.29, 1.82) is 0 Å². The van der Waals surface area contributed by atoms with E-state index >= 15 is 0 Å². The molecule has 0 radical (unpaired) electrons.